The molecule has 4 rings (SSSR count). The van der Waals surface area contributed by atoms with Crippen LogP contribution in [0, 0.1) is 5.92 Å². The molecule has 3 aliphatic heterocycles. The van der Waals surface area contributed by atoms with E-state index in [9.17, 15) is 24.3 Å². The Morgan fingerprint density at radius 3 is 2.62 bits per heavy atom. The van der Waals surface area contributed by atoms with Crippen molar-refractivity contribution >= 4 is 52.9 Å². The van der Waals surface area contributed by atoms with E-state index in [1.165, 1.54) is 42.8 Å². The second-order valence-electron chi connectivity index (χ2n) is 13.3. The van der Waals surface area contributed by atoms with Gasteiger partial charge in [-0.05, 0) is 51.1 Å². The molecule has 13 nitrogen and oxygen atoms in total. The summed E-state index contributed by atoms with van der Waals surface area (Å²) >= 11 is 8.07. The first-order chi connectivity index (χ1) is 23.5. The van der Waals surface area contributed by atoms with E-state index >= 15 is 0 Å². The molecule has 8 unspecified atom stereocenters. The molecule has 3 heterocycles. The molecule has 2 N–H and O–H groups in total. The van der Waals surface area contributed by atoms with Gasteiger partial charge in [-0.15, -0.1) is 0 Å². The normalized spacial score (nSPS) is 32.3. The zero-order valence-electron chi connectivity index (χ0n) is 30.0. The Hall–Kier alpha value is -3.30. The summed E-state index contributed by atoms with van der Waals surface area (Å²) < 4.78 is 29.1. The molecule has 0 aliphatic carbocycles. The smallest absolute Gasteiger partial charge is 0.409 e. The maximum Gasteiger partial charge on any atom is 0.409 e. The van der Waals surface area contributed by atoms with Crippen LogP contribution in [0.3, 0.4) is 0 Å². The van der Waals surface area contributed by atoms with Gasteiger partial charge in [0.15, 0.2) is 5.72 Å². The van der Waals surface area contributed by atoms with Crippen LogP contribution >= 0.6 is 23.4 Å². The lowest BCUT2D eigenvalue weighted by Gasteiger charge is -2.42. The maximum atomic E-state index is 14.0. The van der Waals surface area contributed by atoms with Gasteiger partial charge in [0.05, 0.1) is 31.1 Å². The number of epoxide rings is 1. The van der Waals surface area contributed by atoms with Crippen molar-refractivity contribution in [2.45, 2.75) is 88.7 Å². The molecule has 1 aromatic carbocycles. The molecule has 276 valence electrons. The first-order valence-electron chi connectivity index (χ1n) is 16.3. The van der Waals surface area contributed by atoms with Gasteiger partial charge in [-0.2, -0.15) is 11.8 Å². The molecule has 1 aromatic rings. The number of rotatable bonds is 7. The molecule has 2 fully saturated rings. The minimum absolute atomic E-state index is 0.0446. The molecule has 0 aromatic heterocycles. The number of ether oxygens (including phenoxy) is 5. The van der Waals surface area contributed by atoms with Gasteiger partial charge in [0, 0.05) is 33.5 Å². The van der Waals surface area contributed by atoms with Crippen LogP contribution in [0.15, 0.2) is 35.9 Å². The number of methoxy groups -OCH3 is 2. The quantitative estimate of drug-likeness (QED) is 0.309. The highest BCUT2D eigenvalue weighted by atomic mass is 35.5. The van der Waals surface area contributed by atoms with Gasteiger partial charge in [-0.3, -0.25) is 14.9 Å². The molecule has 2 saturated heterocycles. The van der Waals surface area contributed by atoms with E-state index in [0.717, 1.165) is 11.1 Å². The van der Waals surface area contributed by atoms with E-state index in [1.807, 2.05) is 13.0 Å². The zero-order valence-corrected chi connectivity index (χ0v) is 31.6. The Balaban J connectivity index is 1.78. The number of alkyl carbamates (subject to hydrolysis) is 1. The number of halogens is 1. The fraction of sp³-hybridized carbons (Fsp3) is 0.600. The van der Waals surface area contributed by atoms with Crippen LogP contribution in [0.2, 0.25) is 5.02 Å². The summed E-state index contributed by atoms with van der Waals surface area (Å²) in [5, 5.41) is 14.4. The first kappa shape index (κ1) is 39.5. The first-order valence-corrected chi connectivity index (χ1v) is 18.1. The van der Waals surface area contributed by atoms with Crippen molar-refractivity contribution in [1.82, 2.24) is 10.2 Å². The van der Waals surface area contributed by atoms with Crippen LogP contribution in [0.25, 0.3) is 0 Å². The lowest BCUT2D eigenvalue weighted by Crippen LogP contribution is -2.63. The molecule has 0 spiro atoms. The van der Waals surface area contributed by atoms with Crippen molar-refractivity contribution in [2.24, 2.45) is 5.92 Å². The Morgan fingerprint density at radius 2 is 1.98 bits per heavy atom. The largest absolute Gasteiger partial charge is 0.495 e. The van der Waals surface area contributed by atoms with Crippen molar-refractivity contribution in [2.75, 3.05) is 45.2 Å². The van der Waals surface area contributed by atoms with Gasteiger partial charge < -0.3 is 38.6 Å². The minimum atomic E-state index is -1.82. The topological polar surface area (TPSA) is 156 Å². The van der Waals surface area contributed by atoms with Crippen LogP contribution in [-0.4, -0.2) is 116 Å². The second-order valence-corrected chi connectivity index (χ2v) is 14.6. The fourth-order valence-electron chi connectivity index (χ4n) is 6.44. The Labute approximate surface area is 302 Å². The molecule has 4 bridgehead atoms. The summed E-state index contributed by atoms with van der Waals surface area (Å²) in [5.41, 5.74) is -0.880. The Kier molecular flexibility index (Phi) is 12.6. The SMILES string of the molecule is COc1cc2cc(c1Cl)N(C)C(=O)CC(OC(=O)C(C)N(C)C(=O)CSC)C1(C)OC1C(C)C1CC(O)(NC(=O)O1)C(OC)/C=C/C=C(\C)C2. The summed E-state index contributed by atoms with van der Waals surface area (Å²) in [6.07, 6.45) is 2.79. The Bertz CT molecular complexity index is 1540. The predicted molar refractivity (Wildman–Crippen MR) is 189 cm³/mol. The van der Waals surface area contributed by atoms with Crippen LogP contribution in [0.4, 0.5) is 10.5 Å². The monoisotopic (exact) mass is 737 g/mol. The van der Waals surface area contributed by atoms with E-state index < -0.39 is 65.7 Å². The summed E-state index contributed by atoms with van der Waals surface area (Å²) in [7, 11) is 6.01. The number of thioether (sulfide) groups is 1. The third kappa shape index (κ3) is 8.42. The van der Waals surface area contributed by atoms with Gasteiger partial charge >= 0.3 is 12.1 Å². The number of hydrogen-bond acceptors (Lipinski definition) is 11. The standard InChI is InChI=1S/C35H48ClN3O10S/c1-19-11-10-12-26(46-8)35(44)17-25(47-33(43)37-35)20(2)31-34(4,49-31)27(48-32(42)21(3)38(5)29(41)18-50-9)16-28(40)39(6)23-14-22(13-19)15-24(45-7)30(23)36/h10-12,14-15,20-21,25-27,31,44H,13,16-18H2,1-9H3,(H,37,43)/b12-10+,19-11+. The number of carbonyl (C=O) groups is 4. The Morgan fingerprint density at radius 1 is 1.28 bits per heavy atom. The minimum Gasteiger partial charge on any atom is -0.495 e. The summed E-state index contributed by atoms with van der Waals surface area (Å²) in [6, 6.07) is 2.63. The van der Waals surface area contributed by atoms with Crippen molar-refractivity contribution in [3.05, 3.63) is 46.5 Å². The number of esters is 1. The fourth-order valence-corrected chi connectivity index (χ4v) is 7.21. The number of carbonyl (C=O) groups excluding carboxylic acids is 4. The lowest BCUT2D eigenvalue weighted by atomic mass is 9.83. The zero-order chi connectivity index (χ0) is 37.1. The van der Waals surface area contributed by atoms with Crippen molar-refractivity contribution in [3.63, 3.8) is 0 Å². The number of amides is 3. The van der Waals surface area contributed by atoms with E-state index in [-0.39, 0.29) is 29.5 Å². The molecule has 0 radical (unpaired) electrons. The number of aliphatic hydroxyl groups is 1. The van der Waals surface area contributed by atoms with E-state index in [0.29, 0.717) is 17.9 Å². The highest BCUT2D eigenvalue weighted by Crippen LogP contribution is 2.49. The van der Waals surface area contributed by atoms with Crippen LogP contribution in [-0.2, 0) is 39.8 Å². The van der Waals surface area contributed by atoms with E-state index in [1.54, 1.807) is 58.4 Å². The molecule has 50 heavy (non-hydrogen) atoms. The van der Waals surface area contributed by atoms with Crippen LogP contribution < -0.4 is 15.0 Å². The molecule has 8 atom stereocenters. The van der Waals surface area contributed by atoms with Crippen molar-refractivity contribution in [3.8, 4) is 5.75 Å². The number of allylic oxidation sites excluding steroid dienone is 3. The van der Waals surface area contributed by atoms with E-state index in [2.05, 4.69) is 5.32 Å². The lowest BCUT2D eigenvalue weighted by molar-refractivity contribution is -0.161. The van der Waals surface area contributed by atoms with Gasteiger partial charge in [0.2, 0.25) is 11.8 Å². The van der Waals surface area contributed by atoms with Gasteiger partial charge in [-0.25, -0.2) is 9.59 Å². The average Bonchev–Trinajstić information content (AvgIpc) is 3.76. The second kappa shape index (κ2) is 15.9. The predicted octanol–water partition coefficient (Wildman–Crippen LogP) is 3.88. The highest BCUT2D eigenvalue weighted by Gasteiger charge is 2.64. The van der Waals surface area contributed by atoms with Crippen molar-refractivity contribution < 1.29 is 48.0 Å². The molecule has 3 amide bonds. The molecular weight excluding hydrogens is 690 g/mol. The van der Waals surface area contributed by atoms with Gasteiger partial charge in [0.1, 0.15) is 40.7 Å². The summed E-state index contributed by atoms with van der Waals surface area (Å²) in [4.78, 5) is 55.7. The number of fused-ring (bicyclic) bond motifs is 5. The molecular formula is C35H48ClN3O10S. The molecule has 15 heteroatoms. The maximum absolute atomic E-state index is 14.0. The molecule has 0 saturated carbocycles. The number of benzene rings is 1. The van der Waals surface area contributed by atoms with Crippen molar-refractivity contribution in [1.29, 1.82) is 0 Å². The van der Waals surface area contributed by atoms with Gasteiger partial charge in [-0.1, -0.05) is 42.3 Å². The van der Waals surface area contributed by atoms with Crippen LogP contribution in [0.5, 0.6) is 5.75 Å². The third-order valence-corrected chi connectivity index (χ3v) is 10.7. The highest BCUT2D eigenvalue weighted by molar-refractivity contribution is 7.99. The number of nitrogens with zero attached hydrogens (tertiary/aromatic N) is 2. The number of nitrogens with one attached hydrogen (secondary N) is 1. The third-order valence-electron chi connectivity index (χ3n) is 9.79. The average molecular weight is 738 g/mol. The number of anilines is 1. The number of likely N-dealkylation sites (N-methyl/N-ethyl adjacent to an activating group) is 1. The van der Waals surface area contributed by atoms with E-state index in [4.69, 9.17) is 35.3 Å². The summed E-state index contributed by atoms with van der Waals surface area (Å²) in [6.45, 7) is 6.99. The van der Waals surface area contributed by atoms with Gasteiger partial charge in [0.25, 0.3) is 0 Å². The summed E-state index contributed by atoms with van der Waals surface area (Å²) in [5.74, 6) is -1.36. The molecule has 3 aliphatic rings. The number of hydrogen-bond donors (Lipinski definition) is 2. The van der Waals surface area contributed by atoms with Crippen LogP contribution in [0.1, 0.15) is 46.1 Å².